The zero-order valence-corrected chi connectivity index (χ0v) is 17.9. The summed E-state index contributed by atoms with van der Waals surface area (Å²) in [6, 6.07) is 10.1. The number of aromatic nitrogens is 2. The van der Waals surface area contributed by atoms with Gasteiger partial charge in [0.2, 0.25) is 5.88 Å². The molecule has 1 fully saturated rings. The van der Waals surface area contributed by atoms with Crippen molar-refractivity contribution in [1.82, 2.24) is 20.3 Å². The molecule has 3 aromatic rings. The Kier molecular flexibility index (Phi) is 5.64. The molecule has 1 atom stereocenters. The minimum absolute atomic E-state index is 0.0431. The number of nitrogens with one attached hydrogen (secondary N) is 2. The number of rotatable bonds is 4. The Morgan fingerprint density at radius 3 is 2.76 bits per heavy atom. The Morgan fingerprint density at radius 2 is 2.00 bits per heavy atom. The van der Waals surface area contributed by atoms with E-state index in [1.807, 2.05) is 0 Å². The fourth-order valence-corrected chi connectivity index (χ4v) is 4.27. The van der Waals surface area contributed by atoms with Crippen LogP contribution in [0.3, 0.4) is 0 Å². The van der Waals surface area contributed by atoms with Crippen molar-refractivity contribution in [3.8, 4) is 17.1 Å². The molecule has 1 amide bonds. The van der Waals surface area contributed by atoms with Crippen LogP contribution in [-0.4, -0.2) is 53.5 Å². The zero-order valence-electron chi connectivity index (χ0n) is 17.9. The Hall–Kier alpha value is -3.60. The van der Waals surface area contributed by atoms with Gasteiger partial charge in [-0.25, -0.2) is 9.78 Å². The summed E-state index contributed by atoms with van der Waals surface area (Å²) in [5, 5.41) is 6.63. The molecular formula is C23H21F3N4O4. The van der Waals surface area contributed by atoms with Crippen molar-refractivity contribution in [2.75, 3.05) is 19.6 Å². The van der Waals surface area contributed by atoms with E-state index in [1.165, 1.54) is 6.07 Å². The molecule has 4 heterocycles. The summed E-state index contributed by atoms with van der Waals surface area (Å²) in [5.74, 6) is -2.45. The summed E-state index contributed by atoms with van der Waals surface area (Å²) >= 11 is 0. The van der Waals surface area contributed by atoms with E-state index in [0.717, 1.165) is 24.1 Å². The molecule has 5 rings (SSSR count). The number of carbonyl (C=O) groups excluding carboxylic acids is 2. The number of carbonyl (C=O) groups is 2. The van der Waals surface area contributed by atoms with Gasteiger partial charge in [-0.15, -0.1) is 0 Å². The molecule has 2 aliphatic heterocycles. The number of amides is 1. The molecule has 0 bridgehead atoms. The van der Waals surface area contributed by atoms with Gasteiger partial charge in [0.15, 0.2) is 0 Å². The number of halogens is 3. The van der Waals surface area contributed by atoms with Gasteiger partial charge in [0, 0.05) is 36.5 Å². The van der Waals surface area contributed by atoms with E-state index >= 15 is 0 Å². The van der Waals surface area contributed by atoms with E-state index in [9.17, 15) is 22.8 Å². The average molecular weight is 474 g/mol. The highest BCUT2D eigenvalue weighted by molar-refractivity contribution is 6.00. The number of para-hydroxylation sites is 1. The molecule has 178 valence electrons. The van der Waals surface area contributed by atoms with Crippen LogP contribution in [0.4, 0.5) is 13.2 Å². The van der Waals surface area contributed by atoms with Crippen molar-refractivity contribution >= 4 is 22.8 Å². The second-order valence-corrected chi connectivity index (χ2v) is 8.18. The molecule has 34 heavy (non-hydrogen) atoms. The number of hydrogen-bond donors (Lipinski definition) is 2. The second kappa shape index (κ2) is 8.64. The van der Waals surface area contributed by atoms with Crippen LogP contribution in [0, 0.1) is 0 Å². The highest BCUT2D eigenvalue weighted by Gasteiger charge is 2.43. The monoisotopic (exact) mass is 474 g/mol. The fourth-order valence-electron chi connectivity index (χ4n) is 4.27. The Bertz CT molecular complexity index is 1270. The maximum Gasteiger partial charge on any atom is 0.493 e. The molecule has 8 nitrogen and oxygen atoms in total. The summed E-state index contributed by atoms with van der Waals surface area (Å²) in [6.45, 7) is 1.83. The number of hydrogen-bond acceptors (Lipinski definition) is 6. The molecule has 1 aromatic carbocycles. The van der Waals surface area contributed by atoms with Crippen LogP contribution >= 0.6 is 0 Å². The van der Waals surface area contributed by atoms with Gasteiger partial charge in [0.1, 0.15) is 6.10 Å². The topological polar surface area (TPSA) is 94.5 Å². The van der Waals surface area contributed by atoms with Gasteiger partial charge in [-0.3, -0.25) is 4.79 Å². The number of alkyl halides is 3. The first-order chi connectivity index (χ1) is 16.3. The van der Waals surface area contributed by atoms with Gasteiger partial charge in [-0.1, -0.05) is 18.2 Å². The van der Waals surface area contributed by atoms with Gasteiger partial charge in [0.05, 0.1) is 22.5 Å². The minimum Gasteiger partial charge on any atom is -0.473 e. The van der Waals surface area contributed by atoms with E-state index in [2.05, 4.69) is 15.6 Å². The van der Waals surface area contributed by atoms with E-state index in [1.54, 1.807) is 30.3 Å². The summed E-state index contributed by atoms with van der Waals surface area (Å²) in [7, 11) is 0. The number of piperidine rings is 1. The third kappa shape index (κ3) is 4.18. The Labute approximate surface area is 192 Å². The Balaban J connectivity index is 1.61. The lowest BCUT2D eigenvalue weighted by Crippen LogP contribution is -2.37. The SMILES string of the molecule is O=C1NCCc2c1cc(-c1cccc3ccc(OC4CCCNC4)nc13)n2OC(=O)C(F)(F)F. The maximum absolute atomic E-state index is 13.0. The molecular weight excluding hydrogens is 453 g/mol. The molecule has 1 unspecified atom stereocenters. The molecule has 0 spiro atoms. The van der Waals surface area contributed by atoms with Crippen LogP contribution in [0.2, 0.25) is 0 Å². The van der Waals surface area contributed by atoms with Crippen LogP contribution in [0.1, 0.15) is 28.9 Å². The van der Waals surface area contributed by atoms with Crippen molar-refractivity contribution in [2.24, 2.45) is 0 Å². The largest absolute Gasteiger partial charge is 0.493 e. The molecule has 2 aromatic heterocycles. The van der Waals surface area contributed by atoms with Crippen LogP contribution in [0.25, 0.3) is 22.2 Å². The summed E-state index contributed by atoms with van der Waals surface area (Å²) in [5.41, 5.74) is 1.31. The van der Waals surface area contributed by atoms with Gasteiger partial charge >= 0.3 is 12.1 Å². The first-order valence-corrected chi connectivity index (χ1v) is 10.9. The van der Waals surface area contributed by atoms with Crippen molar-refractivity contribution in [2.45, 2.75) is 31.5 Å². The highest BCUT2D eigenvalue weighted by atomic mass is 19.4. The third-order valence-corrected chi connectivity index (χ3v) is 5.86. The smallest absolute Gasteiger partial charge is 0.473 e. The van der Waals surface area contributed by atoms with Crippen LogP contribution in [0.15, 0.2) is 36.4 Å². The normalized spacial score (nSPS) is 18.3. The van der Waals surface area contributed by atoms with Crippen LogP contribution < -0.4 is 20.2 Å². The van der Waals surface area contributed by atoms with Crippen molar-refractivity contribution in [3.05, 3.63) is 47.7 Å². The summed E-state index contributed by atoms with van der Waals surface area (Å²) in [4.78, 5) is 33.5. The van der Waals surface area contributed by atoms with E-state index < -0.39 is 18.1 Å². The Morgan fingerprint density at radius 1 is 1.15 bits per heavy atom. The van der Waals surface area contributed by atoms with Crippen molar-refractivity contribution < 1.29 is 32.3 Å². The molecule has 0 aliphatic carbocycles. The predicted octanol–water partition coefficient (Wildman–Crippen LogP) is 2.64. The average Bonchev–Trinajstić information content (AvgIpc) is 3.18. The van der Waals surface area contributed by atoms with Crippen LogP contribution in [0.5, 0.6) is 5.88 Å². The second-order valence-electron chi connectivity index (χ2n) is 8.18. The lowest BCUT2D eigenvalue weighted by molar-refractivity contribution is -0.199. The van der Waals surface area contributed by atoms with Gasteiger partial charge in [0.25, 0.3) is 5.91 Å². The lowest BCUT2D eigenvalue weighted by atomic mass is 10.1. The standard InChI is InChI=1S/C23H21F3N4O4/c24-23(25,26)22(32)34-30-17-8-10-28-21(31)16(17)11-18(30)15-5-1-3-13-6-7-19(29-20(13)15)33-14-4-2-9-27-12-14/h1,3,5-7,11,14,27H,2,4,8-10,12H2,(H,28,31). The quantitative estimate of drug-likeness (QED) is 0.604. The predicted molar refractivity (Wildman–Crippen MR) is 115 cm³/mol. The van der Waals surface area contributed by atoms with Gasteiger partial charge < -0.3 is 20.2 Å². The van der Waals surface area contributed by atoms with E-state index in [-0.39, 0.29) is 36.0 Å². The van der Waals surface area contributed by atoms with Crippen molar-refractivity contribution in [3.63, 3.8) is 0 Å². The summed E-state index contributed by atoms with van der Waals surface area (Å²) < 4.78 is 45.9. The molecule has 2 N–H and O–H groups in total. The fraction of sp³-hybridized carbons (Fsp3) is 0.348. The number of fused-ring (bicyclic) bond motifs is 2. The lowest BCUT2D eigenvalue weighted by Gasteiger charge is -2.23. The zero-order chi connectivity index (χ0) is 23.9. The molecule has 0 saturated carbocycles. The van der Waals surface area contributed by atoms with Crippen LogP contribution in [-0.2, 0) is 11.2 Å². The van der Waals surface area contributed by atoms with E-state index in [0.29, 0.717) is 28.9 Å². The molecule has 0 radical (unpaired) electrons. The van der Waals surface area contributed by atoms with Gasteiger partial charge in [-0.2, -0.15) is 17.9 Å². The molecule has 1 saturated heterocycles. The number of ether oxygens (including phenoxy) is 1. The number of nitrogens with zero attached hydrogens (tertiary/aromatic N) is 2. The highest BCUT2D eigenvalue weighted by Crippen LogP contribution is 2.33. The minimum atomic E-state index is -5.20. The number of benzene rings is 1. The first-order valence-electron chi connectivity index (χ1n) is 10.9. The van der Waals surface area contributed by atoms with Crippen molar-refractivity contribution in [1.29, 1.82) is 0 Å². The number of pyridine rings is 1. The van der Waals surface area contributed by atoms with Gasteiger partial charge in [-0.05, 0) is 31.5 Å². The molecule has 11 heteroatoms. The van der Waals surface area contributed by atoms with E-state index in [4.69, 9.17) is 9.57 Å². The first kappa shape index (κ1) is 22.2. The maximum atomic E-state index is 13.0. The summed E-state index contributed by atoms with van der Waals surface area (Å²) in [6.07, 6.45) is -3.18. The molecule has 2 aliphatic rings. The third-order valence-electron chi connectivity index (χ3n) is 5.86.